The summed E-state index contributed by atoms with van der Waals surface area (Å²) in [5.74, 6) is -0.483. The molecule has 2 amide bonds. The lowest BCUT2D eigenvalue weighted by Crippen LogP contribution is -2.39. The van der Waals surface area contributed by atoms with Crippen LogP contribution in [0, 0.1) is 5.92 Å². The van der Waals surface area contributed by atoms with Gasteiger partial charge in [-0.15, -0.1) is 0 Å². The van der Waals surface area contributed by atoms with Crippen LogP contribution in [-0.2, 0) is 14.3 Å². The molecule has 1 atom stereocenters. The van der Waals surface area contributed by atoms with Gasteiger partial charge in [-0.3, -0.25) is 9.59 Å². The highest BCUT2D eigenvalue weighted by Crippen LogP contribution is 2.21. The van der Waals surface area contributed by atoms with E-state index >= 15 is 0 Å². The second-order valence-electron chi connectivity index (χ2n) is 2.68. The number of nitrogens with two attached hydrogens (primary N) is 2. The van der Waals surface area contributed by atoms with Crippen molar-refractivity contribution < 1.29 is 14.3 Å². The zero-order valence-electron chi connectivity index (χ0n) is 6.58. The van der Waals surface area contributed by atoms with Gasteiger partial charge in [0.15, 0.2) is 0 Å². The minimum atomic E-state index is -0.679. The standard InChI is InChI=1S/C7H11N2O3/c8-6(10)4-1-2-12-5(3-4)7(9)11/h5H,1-3H2,(H2,8,10)(H2,9,11). The van der Waals surface area contributed by atoms with Crippen molar-refractivity contribution in [2.24, 2.45) is 11.5 Å². The summed E-state index contributed by atoms with van der Waals surface area (Å²) in [6, 6.07) is 0. The van der Waals surface area contributed by atoms with Gasteiger partial charge in [-0.05, 0) is 12.8 Å². The molecule has 1 unspecified atom stereocenters. The van der Waals surface area contributed by atoms with Gasteiger partial charge in [0.1, 0.15) is 6.10 Å². The van der Waals surface area contributed by atoms with Crippen LogP contribution >= 0.6 is 0 Å². The molecule has 0 aromatic rings. The van der Waals surface area contributed by atoms with E-state index in [0.29, 0.717) is 18.9 Å². The van der Waals surface area contributed by atoms with Crippen molar-refractivity contribution in [1.29, 1.82) is 0 Å². The van der Waals surface area contributed by atoms with Gasteiger partial charge in [0.25, 0.3) is 0 Å². The van der Waals surface area contributed by atoms with Crippen LogP contribution in [0.25, 0.3) is 0 Å². The maximum Gasteiger partial charge on any atom is 0.246 e. The largest absolute Gasteiger partial charge is 0.369 e. The first-order valence-electron chi connectivity index (χ1n) is 3.66. The quantitative estimate of drug-likeness (QED) is 0.541. The Morgan fingerprint density at radius 1 is 1.42 bits per heavy atom. The number of rotatable bonds is 2. The Labute approximate surface area is 70.0 Å². The highest BCUT2D eigenvalue weighted by Gasteiger charge is 2.29. The number of primary amides is 2. The molecule has 1 heterocycles. The molecule has 1 fully saturated rings. The van der Waals surface area contributed by atoms with Gasteiger partial charge >= 0.3 is 0 Å². The second-order valence-corrected chi connectivity index (χ2v) is 2.68. The molecular formula is C7H11N2O3. The van der Waals surface area contributed by atoms with Crippen LogP contribution in [0.4, 0.5) is 0 Å². The molecule has 1 saturated heterocycles. The number of hydrogen-bond acceptors (Lipinski definition) is 3. The maximum atomic E-state index is 10.7. The average molecular weight is 171 g/mol. The SMILES string of the molecule is NC(=O)[C]1CCOC(C(N)=O)C1. The summed E-state index contributed by atoms with van der Waals surface area (Å²) >= 11 is 0. The molecule has 0 aromatic carbocycles. The van der Waals surface area contributed by atoms with Gasteiger partial charge in [-0.1, -0.05) is 0 Å². The first kappa shape index (κ1) is 8.99. The van der Waals surface area contributed by atoms with E-state index in [-0.39, 0.29) is 6.42 Å². The van der Waals surface area contributed by atoms with Crippen LogP contribution in [0.2, 0.25) is 0 Å². The van der Waals surface area contributed by atoms with E-state index in [1.54, 1.807) is 0 Å². The lowest BCUT2D eigenvalue weighted by Gasteiger charge is -2.24. The lowest BCUT2D eigenvalue weighted by atomic mass is 9.95. The first-order valence-corrected chi connectivity index (χ1v) is 3.66. The molecule has 1 aliphatic rings. The van der Waals surface area contributed by atoms with Crippen LogP contribution in [0.15, 0.2) is 0 Å². The Balaban J connectivity index is 2.51. The molecule has 67 valence electrons. The fourth-order valence-electron chi connectivity index (χ4n) is 1.12. The van der Waals surface area contributed by atoms with E-state index in [4.69, 9.17) is 16.2 Å². The van der Waals surface area contributed by atoms with E-state index < -0.39 is 17.9 Å². The fourth-order valence-corrected chi connectivity index (χ4v) is 1.12. The van der Waals surface area contributed by atoms with E-state index in [1.165, 1.54) is 0 Å². The van der Waals surface area contributed by atoms with Crippen LogP contribution in [0.1, 0.15) is 12.8 Å². The van der Waals surface area contributed by atoms with Gasteiger partial charge in [0, 0.05) is 6.61 Å². The van der Waals surface area contributed by atoms with Gasteiger partial charge in [-0.2, -0.15) is 0 Å². The monoisotopic (exact) mass is 171 g/mol. The molecule has 0 aromatic heterocycles. The molecule has 1 radical (unpaired) electrons. The zero-order valence-corrected chi connectivity index (χ0v) is 6.58. The van der Waals surface area contributed by atoms with Gasteiger partial charge in [0.05, 0.1) is 5.92 Å². The van der Waals surface area contributed by atoms with Crippen LogP contribution in [0.5, 0.6) is 0 Å². The molecule has 0 spiro atoms. The van der Waals surface area contributed by atoms with Crippen LogP contribution < -0.4 is 11.5 Å². The number of carbonyl (C=O) groups excluding carboxylic acids is 2. The van der Waals surface area contributed by atoms with Gasteiger partial charge in [-0.25, -0.2) is 0 Å². The van der Waals surface area contributed by atoms with Crippen molar-refractivity contribution in [3.8, 4) is 0 Å². The predicted molar refractivity (Wildman–Crippen MR) is 40.6 cm³/mol. The molecule has 12 heavy (non-hydrogen) atoms. The molecule has 0 saturated carbocycles. The number of amides is 2. The van der Waals surface area contributed by atoms with Crippen LogP contribution in [0.3, 0.4) is 0 Å². The molecule has 1 aliphatic heterocycles. The molecule has 5 heteroatoms. The third-order valence-corrected chi connectivity index (χ3v) is 1.82. The Morgan fingerprint density at radius 2 is 2.08 bits per heavy atom. The topological polar surface area (TPSA) is 95.4 Å². The first-order chi connectivity index (χ1) is 5.61. The summed E-state index contributed by atoms with van der Waals surface area (Å²) in [7, 11) is 0. The van der Waals surface area contributed by atoms with E-state index in [9.17, 15) is 9.59 Å². The third kappa shape index (κ3) is 1.94. The third-order valence-electron chi connectivity index (χ3n) is 1.82. The maximum absolute atomic E-state index is 10.7. The molecular weight excluding hydrogens is 160 g/mol. The van der Waals surface area contributed by atoms with Crippen molar-refractivity contribution in [3.05, 3.63) is 5.92 Å². The van der Waals surface area contributed by atoms with Crippen molar-refractivity contribution in [3.63, 3.8) is 0 Å². The van der Waals surface area contributed by atoms with E-state index in [0.717, 1.165) is 0 Å². The number of ether oxygens (including phenoxy) is 1. The van der Waals surface area contributed by atoms with E-state index in [2.05, 4.69) is 0 Å². The molecule has 5 nitrogen and oxygen atoms in total. The van der Waals surface area contributed by atoms with Gasteiger partial charge < -0.3 is 16.2 Å². The summed E-state index contributed by atoms with van der Waals surface area (Å²) in [6.07, 6.45) is 0.0605. The Morgan fingerprint density at radius 3 is 2.58 bits per heavy atom. The second kappa shape index (κ2) is 3.53. The molecule has 0 aliphatic carbocycles. The van der Waals surface area contributed by atoms with Crippen molar-refractivity contribution >= 4 is 11.8 Å². The number of hydrogen-bond donors (Lipinski definition) is 2. The summed E-state index contributed by atoms with van der Waals surface area (Å²) in [6.45, 7) is 0.339. The lowest BCUT2D eigenvalue weighted by molar-refractivity contribution is -0.132. The molecule has 4 N–H and O–H groups in total. The average Bonchev–Trinajstić information content (AvgIpc) is 2.04. The number of carbonyl (C=O) groups is 2. The highest BCUT2D eigenvalue weighted by molar-refractivity contribution is 5.90. The Bertz CT molecular complexity index is 185. The highest BCUT2D eigenvalue weighted by atomic mass is 16.5. The van der Waals surface area contributed by atoms with Crippen molar-refractivity contribution in [1.82, 2.24) is 0 Å². The fraction of sp³-hybridized carbons (Fsp3) is 0.571. The Kier molecular flexibility index (Phi) is 2.65. The van der Waals surface area contributed by atoms with Crippen molar-refractivity contribution in [2.45, 2.75) is 18.9 Å². The van der Waals surface area contributed by atoms with E-state index in [1.807, 2.05) is 0 Å². The summed E-state index contributed by atoms with van der Waals surface area (Å²) in [5, 5.41) is 0. The normalized spacial score (nSPS) is 25.2. The predicted octanol–water partition coefficient (Wildman–Crippen LogP) is -1.29. The minimum absolute atomic E-state index is 0.241. The van der Waals surface area contributed by atoms with Gasteiger partial charge in [0.2, 0.25) is 11.8 Å². The van der Waals surface area contributed by atoms with Crippen LogP contribution in [-0.4, -0.2) is 24.5 Å². The Hall–Kier alpha value is -1.10. The summed E-state index contributed by atoms with van der Waals surface area (Å²) in [5.41, 5.74) is 10.0. The summed E-state index contributed by atoms with van der Waals surface area (Å²) in [4.78, 5) is 21.4. The molecule has 1 rings (SSSR count). The smallest absolute Gasteiger partial charge is 0.246 e. The van der Waals surface area contributed by atoms with Crippen molar-refractivity contribution in [2.75, 3.05) is 6.61 Å². The minimum Gasteiger partial charge on any atom is -0.369 e. The zero-order chi connectivity index (χ0) is 9.14. The molecule has 0 bridgehead atoms. The summed E-state index contributed by atoms with van der Waals surface area (Å²) < 4.78 is 5.02.